The summed E-state index contributed by atoms with van der Waals surface area (Å²) in [4.78, 5) is 25.2. The van der Waals surface area contributed by atoms with Crippen LogP contribution in [-0.2, 0) is 9.53 Å². The van der Waals surface area contributed by atoms with Crippen LogP contribution in [0.5, 0.6) is 0 Å². The SMILES string of the molecule is CCCOC(=O)C1=C(C)NC(C(F)(F)F)=C(C#N)[C@H]1c1cccc2c(=O)cc(C)oc12. The Bertz CT molecular complexity index is 1220. The summed E-state index contributed by atoms with van der Waals surface area (Å²) in [6, 6.07) is 7.24. The van der Waals surface area contributed by atoms with Gasteiger partial charge in [-0.15, -0.1) is 0 Å². The van der Waals surface area contributed by atoms with E-state index in [9.17, 15) is 28.0 Å². The number of rotatable bonds is 4. The van der Waals surface area contributed by atoms with Crippen LogP contribution < -0.4 is 10.7 Å². The van der Waals surface area contributed by atoms with E-state index in [1.54, 1.807) is 13.0 Å². The van der Waals surface area contributed by atoms with Gasteiger partial charge in [-0.1, -0.05) is 19.1 Å². The van der Waals surface area contributed by atoms with Gasteiger partial charge in [0.25, 0.3) is 0 Å². The number of ether oxygens (including phenoxy) is 1. The number of hydrogen-bond acceptors (Lipinski definition) is 6. The van der Waals surface area contributed by atoms with E-state index in [4.69, 9.17) is 9.15 Å². The summed E-state index contributed by atoms with van der Waals surface area (Å²) in [7, 11) is 0. The van der Waals surface area contributed by atoms with Crippen LogP contribution in [0.1, 0.15) is 37.5 Å². The molecule has 6 nitrogen and oxygen atoms in total. The van der Waals surface area contributed by atoms with Crippen LogP contribution in [0.4, 0.5) is 13.2 Å². The first-order valence-electron chi connectivity index (χ1n) is 9.49. The highest BCUT2D eigenvalue weighted by Gasteiger charge is 2.45. The first kappa shape index (κ1) is 22.2. The number of nitriles is 1. The van der Waals surface area contributed by atoms with Crippen molar-refractivity contribution in [1.82, 2.24) is 5.32 Å². The summed E-state index contributed by atoms with van der Waals surface area (Å²) in [6.45, 7) is 4.67. The number of halogens is 3. The molecule has 1 aliphatic heterocycles. The quantitative estimate of drug-likeness (QED) is 0.722. The summed E-state index contributed by atoms with van der Waals surface area (Å²) >= 11 is 0. The largest absolute Gasteiger partial charge is 0.462 e. The van der Waals surface area contributed by atoms with Gasteiger partial charge in [0, 0.05) is 17.3 Å². The third kappa shape index (κ3) is 4.06. The van der Waals surface area contributed by atoms with Crippen LogP contribution in [0.2, 0.25) is 0 Å². The fourth-order valence-corrected chi connectivity index (χ4v) is 3.57. The van der Waals surface area contributed by atoms with Crippen molar-refractivity contribution in [3.8, 4) is 6.07 Å². The van der Waals surface area contributed by atoms with Crippen molar-refractivity contribution in [2.24, 2.45) is 0 Å². The second-order valence-corrected chi connectivity index (χ2v) is 7.08. The first-order valence-corrected chi connectivity index (χ1v) is 9.49. The Labute approximate surface area is 175 Å². The van der Waals surface area contributed by atoms with E-state index in [0.717, 1.165) is 0 Å². The monoisotopic (exact) mass is 432 g/mol. The van der Waals surface area contributed by atoms with Crippen molar-refractivity contribution in [2.75, 3.05) is 6.61 Å². The zero-order valence-corrected chi connectivity index (χ0v) is 17.0. The van der Waals surface area contributed by atoms with Crippen molar-refractivity contribution in [3.63, 3.8) is 0 Å². The molecule has 3 rings (SSSR count). The van der Waals surface area contributed by atoms with Gasteiger partial charge >= 0.3 is 12.1 Å². The Kier molecular flexibility index (Phi) is 5.93. The fourth-order valence-electron chi connectivity index (χ4n) is 3.57. The van der Waals surface area contributed by atoms with E-state index in [1.807, 2.05) is 0 Å². The number of carbonyl (C=O) groups excluding carboxylic acids is 1. The third-order valence-electron chi connectivity index (χ3n) is 4.84. The van der Waals surface area contributed by atoms with Gasteiger partial charge in [0.05, 0.1) is 35.1 Å². The number of benzene rings is 1. The molecular formula is C22H19F3N2O4. The van der Waals surface area contributed by atoms with Crippen molar-refractivity contribution in [1.29, 1.82) is 5.26 Å². The van der Waals surface area contributed by atoms with Crippen LogP contribution in [0.25, 0.3) is 11.0 Å². The summed E-state index contributed by atoms with van der Waals surface area (Å²) in [5, 5.41) is 12.0. The highest BCUT2D eigenvalue weighted by Crippen LogP contribution is 2.44. The number of fused-ring (bicyclic) bond motifs is 1. The normalized spacial score (nSPS) is 16.9. The fraction of sp³-hybridized carbons (Fsp3) is 0.318. The Morgan fingerprint density at radius 1 is 1.32 bits per heavy atom. The molecule has 1 atom stereocenters. The van der Waals surface area contributed by atoms with Crippen LogP contribution in [0, 0.1) is 18.3 Å². The van der Waals surface area contributed by atoms with Gasteiger partial charge in [0.1, 0.15) is 17.0 Å². The number of nitrogens with zero attached hydrogens (tertiary/aromatic N) is 1. The van der Waals surface area contributed by atoms with Crippen molar-refractivity contribution >= 4 is 16.9 Å². The molecule has 0 unspecified atom stereocenters. The number of para-hydroxylation sites is 1. The van der Waals surface area contributed by atoms with Gasteiger partial charge in [-0.3, -0.25) is 4.79 Å². The molecule has 0 fully saturated rings. The van der Waals surface area contributed by atoms with Gasteiger partial charge in [-0.25, -0.2) is 4.79 Å². The minimum Gasteiger partial charge on any atom is -0.462 e. The number of dihydropyridines is 1. The molecule has 0 amide bonds. The van der Waals surface area contributed by atoms with E-state index in [0.29, 0.717) is 6.42 Å². The number of carbonyl (C=O) groups is 1. The minimum absolute atomic E-state index is 0.0160. The summed E-state index contributed by atoms with van der Waals surface area (Å²) in [5.74, 6) is -2.04. The average molecular weight is 432 g/mol. The predicted molar refractivity (Wildman–Crippen MR) is 106 cm³/mol. The lowest BCUT2D eigenvalue weighted by Gasteiger charge is -2.30. The molecule has 31 heavy (non-hydrogen) atoms. The first-order chi connectivity index (χ1) is 14.6. The Balaban J connectivity index is 2.38. The number of esters is 1. The van der Waals surface area contributed by atoms with Crippen LogP contribution in [0.3, 0.4) is 0 Å². The molecule has 1 aromatic carbocycles. The highest BCUT2D eigenvalue weighted by atomic mass is 19.4. The minimum atomic E-state index is -4.87. The Morgan fingerprint density at radius 3 is 2.65 bits per heavy atom. The summed E-state index contributed by atoms with van der Waals surface area (Å²) in [6.07, 6.45) is -4.36. The van der Waals surface area contributed by atoms with E-state index < -0.39 is 29.3 Å². The maximum absolute atomic E-state index is 13.7. The zero-order chi connectivity index (χ0) is 22.9. The van der Waals surface area contributed by atoms with Gasteiger partial charge in [0.2, 0.25) is 0 Å². The van der Waals surface area contributed by atoms with Crippen molar-refractivity contribution in [3.05, 3.63) is 68.4 Å². The second-order valence-electron chi connectivity index (χ2n) is 7.08. The smallest absolute Gasteiger partial charge is 0.432 e. The summed E-state index contributed by atoms with van der Waals surface area (Å²) in [5.41, 5.74) is -2.49. The average Bonchev–Trinajstić information content (AvgIpc) is 2.70. The molecule has 162 valence electrons. The Morgan fingerprint density at radius 2 is 2.03 bits per heavy atom. The molecule has 9 heteroatoms. The molecule has 0 saturated carbocycles. The van der Waals surface area contributed by atoms with Gasteiger partial charge < -0.3 is 14.5 Å². The second kappa shape index (κ2) is 8.30. The van der Waals surface area contributed by atoms with Gasteiger partial charge in [0.15, 0.2) is 5.43 Å². The predicted octanol–water partition coefficient (Wildman–Crippen LogP) is 4.36. The standard InChI is InChI=1S/C22H19F3N2O4/c1-4-8-30-21(29)17-12(3)27-20(22(23,24)25)15(10-26)18(17)14-7-5-6-13-16(28)9-11(2)31-19(13)14/h5-7,9,18,27H,4,8H2,1-3H3/t18-/m1/s1. The zero-order valence-electron chi connectivity index (χ0n) is 17.0. The topological polar surface area (TPSA) is 92.3 Å². The molecule has 0 aliphatic carbocycles. The molecule has 0 radical (unpaired) electrons. The molecule has 0 saturated heterocycles. The van der Waals surface area contributed by atoms with Crippen LogP contribution >= 0.6 is 0 Å². The lowest BCUT2D eigenvalue weighted by molar-refractivity contribution is -0.139. The van der Waals surface area contributed by atoms with Crippen molar-refractivity contribution < 1.29 is 27.1 Å². The number of alkyl halides is 3. The summed E-state index contributed by atoms with van der Waals surface area (Å²) < 4.78 is 52.1. The van der Waals surface area contributed by atoms with Crippen LogP contribution in [-0.4, -0.2) is 18.8 Å². The molecule has 0 spiro atoms. The van der Waals surface area contributed by atoms with Gasteiger partial charge in [-0.05, 0) is 26.3 Å². The maximum Gasteiger partial charge on any atom is 0.432 e. The number of allylic oxidation sites excluding steroid dienone is 3. The van der Waals surface area contributed by atoms with E-state index in [-0.39, 0.29) is 45.6 Å². The van der Waals surface area contributed by atoms with Crippen molar-refractivity contribution in [2.45, 2.75) is 39.3 Å². The molecule has 0 bridgehead atoms. The molecule has 1 N–H and O–H groups in total. The van der Waals surface area contributed by atoms with Gasteiger partial charge in [-0.2, -0.15) is 18.4 Å². The highest BCUT2D eigenvalue weighted by molar-refractivity contribution is 5.95. The van der Waals surface area contributed by atoms with E-state index >= 15 is 0 Å². The van der Waals surface area contributed by atoms with E-state index in [2.05, 4.69) is 5.32 Å². The number of hydrogen-bond donors (Lipinski definition) is 1. The van der Waals surface area contributed by atoms with Crippen LogP contribution in [0.15, 0.2) is 56.0 Å². The molecule has 1 aromatic heterocycles. The maximum atomic E-state index is 13.7. The third-order valence-corrected chi connectivity index (χ3v) is 4.84. The number of aryl methyl sites for hydroxylation is 1. The molecule has 2 heterocycles. The lowest BCUT2D eigenvalue weighted by atomic mass is 9.80. The molecule has 2 aromatic rings. The Hall–Kier alpha value is -3.54. The number of nitrogens with one attached hydrogen (secondary N) is 1. The molecular weight excluding hydrogens is 413 g/mol. The lowest BCUT2D eigenvalue weighted by Crippen LogP contribution is -2.35. The molecule has 1 aliphatic rings. The van der Waals surface area contributed by atoms with E-state index in [1.165, 1.54) is 38.1 Å².